The molecule has 4 nitrogen and oxygen atoms in total. The molecule has 0 spiro atoms. The van der Waals surface area contributed by atoms with E-state index in [0.717, 1.165) is 25.7 Å². The highest BCUT2D eigenvalue weighted by molar-refractivity contribution is 7.10. The lowest BCUT2D eigenvalue weighted by Gasteiger charge is -2.43. The first-order valence-corrected chi connectivity index (χ1v) is 9.07. The van der Waals surface area contributed by atoms with E-state index in [1.54, 1.807) is 17.5 Å². The molecule has 2 fully saturated rings. The van der Waals surface area contributed by atoms with Gasteiger partial charge in [0, 0.05) is 17.1 Å². The number of amides is 1. The van der Waals surface area contributed by atoms with E-state index < -0.39 is 0 Å². The smallest absolute Gasteiger partial charge is 0.234 e. The van der Waals surface area contributed by atoms with Gasteiger partial charge in [0.05, 0.1) is 18.5 Å². The van der Waals surface area contributed by atoms with Crippen molar-refractivity contribution in [1.29, 1.82) is 0 Å². The van der Waals surface area contributed by atoms with Crippen LogP contribution in [0.4, 0.5) is 0 Å². The zero-order valence-electron chi connectivity index (χ0n) is 13.0. The number of hydrogen-bond donors (Lipinski definition) is 0. The second-order valence-electron chi connectivity index (χ2n) is 6.38. The number of ether oxygens (including phenoxy) is 1. The lowest BCUT2D eigenvalue weighted by Crippen LogP contribution is -2.60. The highest BCUT2D eigenvalue weighted by Crippen LogP contribution is 2.45. The minimum absolute atomic E-state index is 0.0654. The molecule has 2 aromatic heterocycles. The summed E-state index contributed by atoms with van der Waals surface area (Å²) in [7, 11) is 0. The van der Waals surface area contributed by atoms with Crippen molar-refractivity contribution >= 4 is 17.2 Å². The first-order chi connectivity index (χ1) is 11.3. The van der Waals surface area contributed by atoms with E-state index in [-0.39, 0.29) is 11.5 Å². The maximum Gasteiger partial charge on any atom is 0.234 e. The van der Waals surface area contributed by atoms with E-state index in [1.165, 1.54) is 4.88 Å². The van der Waals surface area contributed by atoms with Gasteiger partial charge in [-0.05, 0) is 30.4 Å². The number of hydrogen-bond acceptors (Lipinski definition) is 4. The first kappa shape index (κ1) is 14.7. The molecule has 2 aromatic rings. The molecule has 5 heteroatoms. The summed E-state index contributed by atoms with van der Waals surface area (Å²) < 4.78 is 5.81. The molecule has 1 aliphatic carbocycles. The molecule has 1 saturated heterocycles. The number of pyridine rings is 1. The second kappa shape index (κ2) is 5.96. The lowest BCUT2D eigenvalue weighted by molar-refractivity contribution is -0.146. The number of nitrogens with zero attached hydrogens (tertiary/aromatic N) is 2. The van der Waals surface area contributed by atoms with Gasteiger partial charge in [0.2, 0.25) is 11.8 Å². The van der Waals surface area contributed by atoms with Gasteiger partial charge in [-0.3, -0.25) is 4.79 Å². The Morgan fingerprint density at radius 3 is 2.70 bits per heavy atom. The van der Waals surface area contributed by atoms with Gasteiger partial charge in [-0.2, -0.15) is 0 Å². The van der Waals surface area contributed by atoms with Crippen molar-refractivity contribution in [2.24, 2.45) is 0 Å². The zero-order valence-corrected chi connectivity index (χ0v) is 13.8. The molecule has 0 atom stereocenters. The summed E-state index contributed by atoms with van der Waals surface area (Å²) in [6.45, 7) is 1.34. The normalized spacial score (nSPS) is 20.3. The Bertz CT molecular complexity index is 660. The van der Waals surface area contributed by atoms with Crippen molar-refractivity contribution in [1.82, 2.24) is 9.88 Å². The predicted molar refractivity (Wildman–Crippen MR) is 89.7 cm³/mol. The molecule has 0 aromatic carbocycles. The van der Waals surface area contributed by atoms with Gasteiger partial charge in [0.15, 0.2) is 0 Å². The van der Waals surface area contributed by atoms with E-state index in [1.807, 2.05) is 23.1 Å². The molecule has 1 aliphatic heterocycles. The monoisotopic (exact) mass is 328 g/mol. The average molecular weight is 328 g/mol. The van der Waals surface area contributed by atoms with E-state index >= 15 is 0 Å². The number of thiophene rings is 1. The number of likely N-dealkylation sites (tertiary alicyclic amines) is 1. The third-order valence-electron chi connectivity index (χ3n) is 4.92. The number of carbonyl (C=O) groups is 1. The van der Waals surface area contributed by atoms with Crippen LogP contribution in [0.15, 0.2) is 41.9 Å². The highest BCUT2D eigenvalue weighted by Gasteiger charge is 2.48. The van der Waals surface area contributed by atoms with E-state index in [9.17, 15) is 4.79 Å². The van der Waals surface area contributed by atoms with E-state index in [4.69, 9.17) is 4.74 Å². The van der Waals surface area contributed by atoms with Crippen molar-refractivity contribution in [3.8, 4) is 5.88 Å². The number of carbonyl (C=O) groups excluding carboxylic acids is 1. The number of aromatic nitrogens is 1. The van der Waals surface area contributed by atoms with Crippen LogP contribution in [0.2, 0.25) is 0 Å². The van der Waals surface area contributed by atoms with Crippen molar-refractivity contribution in [3.05, 3.63) is 46.8 Å². The van der Waals surface area contributed by atoms with Gasteiger partial charge in [0.25, 0.3) is 0 Å². The van der Waals surface area contributed by atoms with Gasteiger partial charge in [-0.15, -0.1) is 11.3 Å². The van der Waals surface area contributed by atoms with Gasteiger partial charge in [-0.1, -0.05) is 25.0 Å². The Hall–Kier alpha value is -1.88. The molecule has 0 unspecified atom stereocenters. The fourth-order valence-electron chi connectivity index (χ4n) is 3.66. The molecule has 0 radical (unpaired) electrons. The van der Waals surface area contributed by atoms with E-state index in [2.05, 4.69) is 22.5 Å². The SMILES string of the molecule is O=C(N1CC(Oc2ccccn2)C1)C1(c2cccs2)CCCC1. The van der Waals surface area contributed by atoms with Crippen molar-refractivity contribution < 1.29 is 9.53 Å². The summed E-state index contributed by atoms with van der Waals surface area (Å²) in [4.78, 5) is 20.5. The largest absolute Gasteiger partial charge is 0.471 e. The topological polar surface area (TPSA) is 42.4 Å². The van der Waals surface area contributed by atoms with Crippen LogP contribution >= 0.6 is 11.3 Å². The first-order valence-electron chi connectivity index (χ1n) is 8.19. The Morgan fingerprint density at radius 1 is 1.22 bits per heavy atom. The standard InChI is InChI=1S/C18H20N2O2S/c21-17(18(8-2-3-9-18)15-6-5-11-23-15)20-12-14(13-20)22-16-7-1-4-10-19-16/h1,4-7,10-11,14H,2-3,8-9,12-13H2. The van der Waals surface area contributed by atoms with Gasteiger partial charge < -0.3 is 9.64 Å². The van der Waals surface area contributed by atoms with Crippen LogP contribution in [0, 0.1) is 0 Å². The van der Waals surface area contributed by atoms with Crippen molar-refractivity contribution in [3.63, 3.8) is 0 Å². The molecule has 1 amide bonds. The molecular weight excluding hydrogens is 308 g/mol. The van der Waals surface area contributed by atoms with Crippen LogP contribution in [0.3, 0.4) is 0 Å². The Balaban J connectivity index is 1.42. The molecule has 120 valence electrons. The summed E-state index contributed by atoms with van der Waals surface area (Å²) in [6.07, 6.45) is 6.04. The maximum atomic E-state index is 13.1. The van der Waals surface area contributed by atoms with Crippen LogP contribution in [0.5, 0.6) is 5.88 Å². The molecule has 3 heterocycles. The molecule has 0 N–H and O–H groups in total. The Morgan fingerprint density at radius 2 is 2.04 bits per heavy atom. The molecule has 1 saturated carbocycles. The summed E-state index contributed by atoms with van der Waals surface area (Å²) in [6, 6.07) is 9.81. The van der Waals surface area contributed by atoms with Gasteiger partial charge in [-0.25, -0.2) is 4.98 Å². The molecular formula is C18H20N2O2S. The zero-order chi connectivity index (χ0) is 15.7. The summed E-state index contributed by atoms with van der Waals surface area (Å²) in [5.41, 5.74) is -0.274. The molecule has 4 rings (SSSR count). The average Bonchev–Trinajstić information content (AvgIpc) is 3.22. The minimum atomic E-state index is -0.274. The molecule has 0 bridgehead atoms. The van der Waals surface area contributed by atoms with Crippen LogP contribution in [-0.4, -0.2) is 35.0 Å². The van der Waals surface area contributed by atoms with Gasteiger partial charge >= 0.3 is 0 Å². The quantitative estimate of drug-likeness (QED) is 0.865. The van der Waals surface area contributed by atoms with Crippen LogP contribution in [-0.2, 0) is 10.2 Å². The minimum Gasteiger partial charge on any atom is -0.471 e. The molecule has 23 heavy (non-hydrogen) atoms. The lowest BCUT2D eigenvalue weighted by atomic mass is 9.82. The summed E-state index contributed by atoms with van der Waals surface area (Å²) in [5.74, 6) is 0.928. The van der Waals surface area contributed by atoms with Crippen LogP contribution in [0.25, 0.3) is 0 Å². The number of rotatable bonds is 4. The van der Waals surface area contributed by atoms with Crippen LogP contribution in [0.1, 0.15) is 30.6 Å². The Labute approximate surface area is 140 Å². The summed E-state index contributed by atoms with van der Waals surface area (Å²) in [5, 5.41) is 2.08. The summed E-state index contributed by atoms with van der Waals surface area (Å²) >= 11 is 1.71. The molecule has 2 aliphatic rings. The third-order valence-corrected chi connectivity index (χ3v) is 5.99. The third kappa shape index (κ3) is 2.63. The predicted octanol–water partition coefficient (Wildman–Crippen LogP) is 3.24. The van der Waals surface area contributed by atoms with Gasteiger partial charge in [0.1, 0.15) is 6.10 Å². The van der Waals surface area contributed by atoms with E-state index in [0.29, 0.717) is 24.9 Å². The fourth-order valence-corrected chi connectivity index (χ4v) is 4.64. The maximum absolute atomic E-state index is 13.1. The fraction of sp³-hybridized carbons (Fsp3) is 0.444. The highest BCUT2D eigenvalue weighted by atomic mass is 32.1. The van der Waals surface area contributed by atoms with Crippen molar-refractivity contribution in [2.75, 3.05) is 13.1 Å². The van der Waals surface area contributed by atoms with Crippen LogP contribution < -0.4 is 4.74 Å². The van der Waals surface area contributed by atoms with Crippen molar-refractivity contribution in [2.45, 2.75) is 37.2 Å². The second-order valence-corrected chi connectivity index (χ2v) is 7.33. The Kier molecular flexibility index (Phi) is 3.81.